The molecule has 0 heterocycles. The van der Waals surface area contributed by atoms with E-state index in [0.717, 1.165) is 0 Å². The second kappa shape index (κ2) is 9.60. The van der Waals surface area contributed by atoms with Crippen molar-refractivity contribution >= 4 is 11.9 Å². The van der Waals surface area contributed by atoms with Gasteiger partial charge < -0.3 is 40.5 Å². The van der Waals surface area contributed by atoms with Gasteiger partial charge in [0.2, 0.25) is 0 Å². The van der Waals surface area contributed by atoms with Crippen molar-refractivity contribution in [2.75, 3.05) is 13.2 Å². The molecule has 0 aliphatic heterocycles. The fourth-order valence-electron chi connectivity index (χ4n) is 1.32. The molecule has 5 atom stereocenters. The lowest BCUT2D eigenvalue weighted by atomic mass is 10.00. The Kier molecular flexibility index (Phi) is 9.01. The molecule has 0 aliphatic rings. The van der Waals surface area contributed by atoms with Crippen LogP contribution in [0.25, 0.3) is 0 Å². The second-order valence-corrected chi connectivity index (χ2v) is 4.37. The van der Waals surface area contributed by atoms with Crippen LogP contribution in [0.2, 0.25) is 0 Å². The van der Waals surface area contributed by atoms with Crippen molar-refractivity contribution in [3.63, 3.8) is 0 Å². The van der Waals surface area contributed by atoms with Crippen LogP contribution >= 0.6 is 0 Å². The Morgan fingerprint density at radius 1 is 0.857 bits per heavy atom. The third kappa shape index (κ3) is 7.32. The number of carboxylic acid groups (broad SMARTS) is 1. The third-order valence-corrected chi connectivity index (χ3v) is 2.63. The van der Waals surface area contributed by atoms with Gasteiger partial charge in [-0.3, -0.25) is 9.59 Å². The summed E-state index contributed by atoms with van der Waals surface area (Å²) in [5.74, 6) is -2.13. The second-order valence-electron chi connectivity index (χ2n) is 4.37. The van der Waals surface area contributed by atoms with Gasteiger partial charge in [-0.15, -0.1) is 0 Å². The molecule has 7 N–H and O–H groups in total. The summed E-state index contributed by atoms with van der Waals surface area (Å²) in [5, 5.41) is 63.7. The van der Waals surface area contributed by atoms with E-state index in [1.165, 1.54) is 0 Å². The molecule has 0 spiro atoms. The number of aliphatic carboxylic acids is 1. The van der Waals surface area contributed by atoms with Crippen molar-refractivity contribution in [1.82, 2.24) is 0 Å². The third-order valence-electron chi connectivity index (χ3n) is 2.63. The Morgan fingerprint density at radius 3 is 1.86 bits per heavy atom. The van der Waals surface area contributed by atoms with Crippen LogP contribution in [0.5, 0.6) is 0 Å². The van der Waals surface area contributed by atoms with E-state index in [-0.39, 0.29) is 0 Å². The first-order valence-corrected chi connectivity index (χ1v) is 6.09. The standard InChI is InChI=1S/C11H20O10/c12-3-5(13)9(18)11(20)10(19)6(14)4-21-8(17)2-1-7(15)16/h5-6,9-14,18-20H,1-4H2,(H,15,16). The number of esters is 1. The molecule has 0 amide bonds. The van der Waals surface area contributed by atoms with Crippen LogP contribution in [0.1, 0.15) is 12.8 Å². The van der Waals surface area contributed by atoms with E-state index < -0.39 is 68.5 Å². The van der Waals surface area contributed by atoms with Crippen LogP contribution < -0.4 is 0 Å². The highest BCUT2D eigenvalue weighted by Gasteiger charge is 2.34. The molecule has 0 fully saturated rings. The molecular formula is C11H20O10. The zero-order valence-electron chi connectivity index (χ0n) is 11.1. The van der Waals surface area contributed by atoms with Crippen LogP contribution in [-0.4, -0.2) is 91.4 Å². The normalized spacial score (nSPS) is 18.4. The maximum absolute atomic E-state index is 11.1. The quantitative estimate of drug-likeness (QED) is 0.197. The lowest BCUT2D eigenvalue weighted by molar-refractivity contribution is -0.162. The first kappa shape index (κ1) is 19.7. The minimum absolute atomic E-state index is 0.424. The first-order chi connectivity index (χ1) is 9.70. The molecule has 0 aliphatic carbocycles. The van der Waals surface area contributed by atoms with Gasteiger partial charge in [0, 0.05) is 0 Å². The van der Waals surface area contributed by atoms with Gasteiger partial charge in [0.25, 0.3) is 0 Å². The van der Waals surface area contributed by atoms with Crippen LogP contribution in [0.3, 0.4) is 0 Å². The van der Waals surface area contributed by atoms with Crippen molar-refractivity contribution in [3.8, 4) is 0 Å². The van der Waals surface area contributed by atoms with Gasteiger partial charge in [0.15, 0.2) is 0 Å². The molecule has 0 aromatic heterocycles. The van der Waals surface area contributed by atoms with Crippen LogP contribution in [0, 0.1) is 0 Å². The van der Waals surface area contributed by atoms with Crippen molar-refractivity contribution in [2.24, 2.45) is 0 Å². The van der Waals surface area contributed by atoms with Gasteiger partial charge in [-0.2, -0.15) is 0 Å². The lowest BCUT2D eigenvalue weighted by Gasteiger charge is -2.28. The van der Waals surface area contributed by atoms with E-state index in [9.17, 15) is 30.0 Å². The molecule has 124 valence electrons. The number of rotatable bonds is 10. The molecule has 10 heteroatoms. The SMILES string of the molecule is O=C(O)CCC(=O)OCC(O)C(O)C(O)C(O)C(O)CO. The predicted molar refractivity (Wildman–Crippen MR) is 64.9 cm³/mol. The summed E-state index contributed by atoms with van der Waals surface area (Å²) in [5.41, 5.74) is 0. The molecule has 0 saturated carbocycles. The van der Waals surface area contributed by atoms with Gasteiger partial charge in [-0.05, 0) is 0 Å². The highest BCUT2D eigenvalue weighted by Crippen LogP contribution is 2.09. The summed E-state index contributed by atoms with van der Waals surface area (Å²) >= 11 is 0. The Balaban J connectivity index is 4.23. The molecule has 0 radical (unpaired) electrons. The fraction of sp³-hybridized carbons (Fsp3) is 0.818. The van der Waals surface area contributed by atoms with Crippen molar-refractivity contribution in [2.45, 2.75) is 43.4 Å². The highest BCUT2D eigenvalue weighted by molar-refractivity contribution is 5.76. The molecule has 0 saturated heterocycles. The molecule has 0 aromatic carbocycles. The largest absolute Gasteiger partial charge is 0.481 e. The summed E-state index contributed by atoms with van der Waals surface area (Å²) in [6.45, 7) is -1.61. The molecule has 10 nitrogen and oxygen atoms in total. The maximum Gasteiger partial charge on any atom is 0.306 e. The lowest BCUT2D eigenvalue weighted by Crippen LogP contribution is -2.51. The van der Waals surface area contributed by atoms with Crippen LogP contribution in [0.15, 0.2) is 0 Å². The molecule has 0 bridgehead atoms. The Hall–Kier alpha value is -1.30. The van der Waals surface area contributed by atoms with E-state index in [1.807, 2.05) is 0 Å². The minimum Gasteiger partial charge on any atom is -0.481 e. The maximum atomic E-state index is 11.1. The number of carboxylic acids is 1. The van der Waals surface area contributed by atoms with Gasteiger partial charge >= 0.3 is 11.9 Å². The molecule has 0 rings (SSSR count). The van der Waals surface area contributed by atoms with Crippen molar-refractivity contribution in [1.29, 1.82) is 0 Å². The number of hydrogen-bond acceptors (Lipinski definition) is 9. The highest BCUT2D eigenvalue weighted by atomic mass is 16.5. The van der Waals surface area contributed by atoms with Crippen molar-refractivity contribution < 1.29 is 50.1 Å². The molecule has 5 unspecified atom stereocenters. The zero-order valence-corrected chi connectivity index (χ0v) is 11.1. The molecular weight excluding hydrogens is 292 g/mol. The Labute approximate surface area is 119 Å². The first-order valence-electron chi connectivity index (χ1n) is 6.09. The number of carbonyl (C=O) groups excluding carboxylic acids is 1. The number of hydrogen-bond donors (Lipinski definition) is 7. The zero-order chi connectivity index (χ0) is 16.6. The van der Waals surface area contributed by atoms with Gasteiger partial charge in [-0.1, -0.05) is 0 Å². The Morgan fingerprint density at radius 2 is 1.38 bits per heavy atom. The minimum atomic E-state index is -1.99. The summed E-state index contributed by atoms with van der Waals surface area (Å²) in [4.78, 5) is 21.3. The van der Waals surface area contributed by atoms with Crippen LogP contribution in [0.4, 0.5) is 0 Å². The fourth-order valence-corrected chi connectivity index (χ4v) is 1.32. The average Bonchev–Trinajstić information content (AvgIpc) is 2.47. The van der Waals surface area contributed by atoms with Gasteiger partial charge in [-0.25, -0.2) is 0 Å². The number of carbonyl (C=O) groups is 2. The van der Waals surface area contributed by atoms with E-state index in [4.69, 9.17) is 15.3 Å². The van der Waals surface area contributed by atoms with E-state index in [1.54, 1.807) is 0 Å². The number of aliphatic hydroxyl groups excluding tert-OH is 6. The van der Waals surface area contributed by atoms with Gasteiger partial charge in [0.05, 0.1) is 19.4 Å². The summed E-state index contributed by atoms with van der Waals surface area (Å²) < 4.78 is 4.48. The van der Waals surface area contributed by atoms with Crippen molar-refractivity contribution in [3.05, 3.63) is 0 Å². The number of aliphatic hydroxyl groups is 6. The van der Waals surface area contributed by atoms with Gasteiger partial charge in [0.1, 0.15) is 37.1 Å². The smallest absolute Gasteiger partial charge is 0.306 e. The monoisotopic (exact) mass is 312 g/mol. The van der Waals surface area contributed by atoms with E-state index in [2.05, 4.69) is 4.74 Å². The molecule has 0 aromatic rings. The summed E-state index contributed by atoms with van der Waals surface area (Å²) in [7, 11) is 0. The molecule has 21 heavy (non-hydrogen) atoms. The summed E-state index contributed by atoms with van der Waals surface area (Å²) in [6, 6.07) is 0. The van der Waals surface area contributed by atoms with E-state index in [0.29, 0.717) is 0 Å². The summed E-state index contributed by atoms with van der Waals surface area (Å²) in [6.07, 6.45) is -10.2. The topological polar surface area (TPSA) is 185 Å². The predicted octanol–water partition coefficient (Wildman–Crippen LogP) is -3.81. The number of ether oxygens (including phenoxy) is 1. The van der Waals surface area contributed by atoms with E-state index >= 15 is 0 Å². The van der Waals surface area contributed by atoms with Crippen LogP contribution in [-0.2, 0) is 14.3 Å². The Bertz CT molecular complexity index is 333. The average molecular weight is 312 g/mol.